The lowest BCUT2D eigenvalue weighted by molar-refractivity contribution is -0.127. The molecule has 2 aromatic carbocycles. The third-order valence-corrected chi connectivity index (χ3v) is 6.00. The molecule has 0 aliphatic carbocycles. The molecule has 1 fully saturated rings. The SMILES string of the molecule is Cc1ccc(C(C)NC(=O)C2CCN(Cc3ccccc3C)CC2)cc1C. The molecule has 1 heterocycles. The van der Waals surface area contributed by atoms with Crippen LogP contribution in [-0.2, 0) is 11.3 Å². The van der Waals surface area contributed by atoms with Gasteiger partial charge in [0.05, 0.1) is 6.04 Å². The number of carbonyl (C=O) groups excluding carboxylic acids is 1. The second-order valence-corrected chi connectivity index (χ2v) is 8.05. The zero-order chi connectivity index (χ0) is 19.4. The van der Waals surface area contributed by atoms with Gasteiger partial charge in [-0.3, -0.25) is 9.69 Å². The van der Waals surface area contributed by atoms with Crippen LogP contribution >= 0.6 is 0 Å². The predicted octanol–water partition coefficient (Wildman–Crippen LogP) is 4.70. The van der Waals surface area contributed by atoms with Crippen molar-refractivity contribution in [1.82, 2.24) is 10.2 Å². The summed E-state index contributed by atoms with van der Waals surface area (Å²) in [6, 6.07) is 15.1. The molecule has 1 amide bonds. The molecule has 3 heteroatoms. The van der Waals surface area contributed by atoms with Gasteiger partial charge < -0.3 is 5.32 Å². The fourth-order valence-electron chi connectivity index (χ4n) is 3.83. The maximum Gasteiger partial charge on any atom is 0.223 e. The number of nitrogens with zero attached hydrogens (tertiary/aromatic N) is 1. The number of piperidine rings is 1. The minimum Gasteiger partial charge on any atom is -0.349 e. The van der Waals surface area contributed by atoms with Gasteiger partial charge in [0.2, 0.25) is 5.91 Å². The molecule has 3 rings (SSSR count). The average Bonchev–Trinajstić information content (AvgIpc) is 2.66. The molecule has 1 aliphatic rings. The zero-order valence-electron chi connectivity index (χ0n) is 17.1. The largest absolute Gasteiger partial charge is 0.349 e. The van der Waals surface area contributed by atoms with Crippen LogP contribution in [0, 0.1) is 26.7 Å². The van der Waals surface area contributed by atoms with Gasteiger partial charge in [-0.05, 0) is 81.4 Å². The highest BCUT2D eigenvalue weighted by Gasteiger charge is 2.26. The highest BCUT2D eigenvalue weighted by molar-refractivity contribution is 5.79. The number of aryl methyl sites for hydroxylation is 3. The molecule has 27 heavy (non-hydrogen) atoms. The zero-order valence-corrected chi connectivity index (χ0v) is 17.1. The van der Waals surface area contributed by atoms with Crippen LogP contribution in [0.5, 0.6) is 0 Å². The summed E-state index contributed by atoms with van der Waals surface area (Å²) in [5.41, 5.74) is 6.49. The lowest BCUT2D eigenvalue weighted by atomic mass is 9.94. The number of nitrogens with one attached hydrogen (secondary N) is 1. The lowest BCUT2D eigenvalue weighted by Gasteiger charge is -2.32. The van der Waals surface area contributed by atoms with Gasteiger partial charge in [0.15, 0.2) is 0 Å². The first-order valence-corrected chi connectivity index (χ1v) is 10.1. The summed E-state index contributed by atoms with van der Waals surface area (Å²) in [5.74, 6) is 0.336. The number of benzene rings is 2. The smallest absolute Gasteiger partial charge is 0.223 e. The van der Waals surface area contributed by atoms with E-state index in [-0.39, 0.29) is 17.9 Å². The number of amides is 1. The summed E-state index contributed by atoms with van der Waals surface area (Å²) < 4.78 is 0. The van der Waals surface area contributed by atoms with E-state index in [0.29, 0.717) is 0 Å². The molecular weight excluding hydrogens is 332 g/mol. The van der Waals surface area contributed by atoms with Crippen LogP contribution in [0.2, 0.25) is 0 Å². The molecular formula is C24H32N2O. The van der Waals surface area contributed by atoms with Gasteiger partial charge in [0.25, 0.3) is 0 Å². The van der Waals surface area contributed by atoms with Crippen molar-refractivity contribution in [3.05, 3.63) is 70.3 Å². The number of rotatable bonds is 5. The summed E-state index contributed by atoms with van der Waals surface area (Å²) in [5, 5.41) is 3.23. The van der Waals surface area contributed by atoms with E-state index < -0.39 is 0 Å². The maximum atomic E-state index is 12.7. The molecule has 1 aliphatic heterocycles. The van der Waals surface area contributed by atoms with Crippen molar-refractivity contribution in [2.24, 2.45) is 5.92 Å². The van der Waals surface area contributed by atoms with Crippen LogP contribution in [0.15, 0.2) is 42.5 Å². The number of hydrogen-bond donors (Lipinski definition) is 1. The van der Waals surface area contributed by atoms with Gasteiger partial charge in [0.1, 0.15) is 0 Å². The molecule has 144 valence electrons. The van der Waals surface area contributed by atoms with E-state index in [9.17, 15) is 4.79 Å². The van der Waals surface area contributed by atoms with Crippen molar-refractivity contribution in [1.29, 1.82) is 0 Å². The first kappa shape index (κ1) is 19.6. The summed E-state index contributed by atoms with van der Waals surface area (Å²) in [7, 11) is 0. The minimum atomic E-state index is 0.0572. The van der Waals surface area contributed by atoms with E-state index in [1.54, 1.807) is 0 Å². The van der Waals surface area contributed by atoms with Crippen LogP contribution in [-0.4, -0.2) is 23.9 Å². The molecule has 1 N–H and O–H groups in total. The van der Waals surface area contributed by atoms with Gasteiger partial charge in [-0.25, -0.2) is 0 Å². The second-order valence-electron chi connectivity index (χ2n) is 8.05. The second kappa shape index (κ2) is 8.71. The Bertz CT molecular complexity index is 791. The molecule has 2 aromatic rings. The quantitative estimate of drug-likeness (QED) is 0.834. The van der Waals surface area contributed by atoms with E-state index in [0.717, 1.165) is 32.5 Å². The molecule has 3 nitrogen and oxygen atoms in total. The fourth-order valence-corrected chi connectivity index (χ4v) is 3.83. The third-order valence-electron chi connectivity index (χ3n) is 6.00. The van der Waals surface area contributed by atoms with Crippen LogP contribution in [0.25, 0.3) is 0 Å². The van der Waals surface area contributed by atoms with Gasteiger partial charge >= 0.3 is 0 Å². The highest BCUT2D eigenvalue weighted by atomic mass is 16.1. The van der Waals surface area contributed by atoms with E-state index >= 15 is 0 Å². The molecule has 0 aromatic heterocycles. The van der Waals surface area contributed by atoms with E-state index in [4.69, 9.17) is 0 Å². The van der Waals surface area contributed by atoms with Crippen molar-refractivity contribution in [2.45, 2.75) is 53.1 Å². The van der Waals surface area contributed by atoms with Crippen LogP contribution in [0.4, 0.5) is 0 Å². The lowest BCUT2D eigenvalue weighted by Crippen LogP contribution is -2.41. The summed E-state index contributed by atoms with van der Waals surface area (Å²) >= 11 is 0. The molecule has 0 radical (unpaired) electrons. The molecule has 0 spiro atoms. The molecule has 1 saturated heterocycles. The van der Waals surface area contributed by atoms with E-state index in [2.05, 4.69) is 80.4 Å². The Balaban J connectivity index is 1.51. The van der Waals surface area contributed by atoms with Gasteiger partial charge in [-0.1, -0.05) is 42.5 Å². The van der Waals surface area contributed by atoms with Crippen molar-refractivity contribution >= 4 is 5.91 Å². The predicted molar refractivity (Wildman–Crippen MR) is 112 cm³/mol. The minimum absolute atomic E-state index is 0.0572. The van der Waals surface area contributed by atoms with Crippen LogP contribution < -0.4 is 5.32 Å². The normalized spacial score (nSPS) is 16.9. The Morgan fingerprint density at radius 2 is 1.74 bits per heavy atom. The van der Waals surface area contributed by atoms with Crippen LogP contribution in [0.3, 0.4) is 0 Å². The number of hydrogen-bond acceptors (Lipinski definition) is 2. The highest BCUT2D eigenvalue weighted by Crippen LogP contribution is 2.22. The monoisotopic (exact) mass is 364 g/mol. The first-order valence-electron chi connectivity index (χ1n) is 10.1. The van der Waals surface area contributed by atoms with E-state index in [1.807, 2.05) is 0 Å². The Kier molecular flexibility index (Phi) is 6.33. The molecule has 0 bridgehead atoms. The third kappa shape index (κ3) is 4.98. The summed E-state index contributed by atoms with van der Waals surface area (Å²) in [4.78, 5) is 15.2. The fraction of sp³-hybridized carbons (Fsp3) is 0.458. The Morgan fingerprint density at radius 3 is 2.41 bits per heavy atom. The van der Waals surface area contributed by atoms with Gasteiger partial charge in [-0.2, -0.15) is 0 Å². The van der Waals surface area contributed by atoms with E-state index in [1.165, 1.54) is 27.8 Å². The summed E-state index contributed by atoms with van der Waals surface area (Å²) in [6.45, 7) is 11.5. The molecule has 1 atom stereocenters. The number of carbonyl (C=O) groups is 1. The number of likely N-dealkylation sites (tertiary alicyclic amines) is 1. The van der Waals surface area contributed by atoms with Crippen LogP contribution in [0.1, 0.15) is 53.6 Å². The van der Waals surface area contributed by atoms with Crippen molar-refractivity contribution in [2.75, 3.05) is 13.1 Å². The van der Waals surface area contributed by atoms with Gasteiger partial charge in [0, 0.05) is 12.5 Å². The Labute approximate surface area is 163 Å². The van der Waals surface area contributed by atoms with Crippen molar-refractivity contribution < 1.29 is 4.79 Å². The van der Waals surface area contributed by atoms with Crippen molar-refractivity contribution in [3.8, 4) is 0 Å². The topological polar surface area (TPSA) is 32.3 Å². The van der Waals surface area contributed by atoms with Crippen molar-refractivity contribution in [3.63, 3.8) is 0 Å². The standard InChI is InChI=1S/C24H32N2O/c1-17-9-10-22(15-19(17)3)20(4)25-24(27)21-11-13-26(14-12-21)16-23-8-6-5-7-18(23)2/h5-10,15,20-21H,11-14,16H2,1-4H3,(H,25,27). The first-order chi connectivity index (χ1) is 12.9. The average molecular weight is 365 g/mol. The Morgan fingerprint density at radius 1 is 1.04 bits per heavy atom. The molecule has 1 unspecified atom stereocenters. The molecule has 0 saturated carbocycles. The Hall–Kier alpha value is -2.13. The van der Waals surface area contributed by atoms with Gasteiger partial charge in [-0.15, -0.1) is 0 Å². The summed E-state index contributed by atoms with van der Waals surface area (Å²) in [6.07, 6.45) is 1.88. The maximum absolute atomic E-state index is 12.7.